The molecule has 2 aromatic rings. The summed E-state index contributed by atoms with van der Waals surface area (Å²) < 4.78 is 26.9. The zero-order chi connectivity index (χ0) is 18.7. The third-order valence-corrected chi connectivity index (χ3v) is 5.83. The average Bonchev–Trinajstić information content (AvgIpc) is 2.84. The van der Waals surface area contributed by atoms with Gasteiger partial charge in [-0.3, -0.25) is 9.48 Å². The van der Waals surface area contributed by atoms with Crippen molar-refractivity contribution in [3.05, 3.63) is 52.8 Å². The summed E-state index contributed by atoms with van der Waals surface area (Å²) in [6, 6.07) is 9.69. The molecule has 1 aromatic carbocycles. The molecule has 8 heteroatoms. The van der Waals surface area contributed by atoms with Crippen LogP contribution in [0.2, 0.25) is 0 Å². The fraction of sp³-hybridized carbons (Fsp3) is 0.444. The van der Waals surface area contributed by atoms with Crippen molar-refractivity contribution in [1.82, 2.24) is 19.4 Å². The van der Waals surface area contributed by atoms with E-state index in [9.17, 15) is 13.2 Å². The number of carbonyl (C=O) groups is 1. The van der Waals surface area contributed by atoms with Crippen molar-refractivity contribution < 1.29 is 13.2 Å². The Bertz CT molecular complexity index is 905. The molecule has 0 aliphatic carbocycles. The molecule has 0 saturated carbocycles. The molecule has 7 nitrogen and oxygen atoms in total. The summed E-state index contributed by atoms with van der Waals surface area (Å²) in [5.74, 6) is -0.0553. The lowest BCUT2D eigenvalue weighted by Crippen LogP contribution is -2.29. The van der Waals surface area contributed by atoms with Crippen LogP contribution in [-0.2, 0) is 40.9 Å². The molecule has 26 heavy (non-hydrogen) atoms. The maximum atomic E-state index is 12.2. The van der Waals surface area contributed by atoms with Crippen molar-refractivity contribution in [2.24, 2.45) is 0 Å². The van der Waals surface area contributed by atoms with Crippen LogP contribution in [0.3, 0.4) is 0 Å². The molecule has 0 atom stereocenters. The van der Waals surface area contributed by atoms with Crippen molar-refractivity contribution in [3.8, 4) is 0 Å². The van der Waals surface area contributed by atoms with Gasteiger partial charge in [0.25, 0.3) is 0 Å². The van der Waals surface area contributed by atoms with E-state index >= 15 is 0 Å². The third-order valence-electron chi connectivity index (χ3n) is 4.58. The molecule has 0 radical (unpaired) electrons. The molecule has 1 N–H and O–H groups in total. The van der Waals surface area contributed by atoms with Crippen LogP contribution in [0, 0.1) is 6.92 Å². The summed E-state index contributed by atoms with van der Waals surface area (Å²) >= 11 is 0. The molecule has 0 spiro atoms. The minimum Gasteiger partial charge on any atom is -0.350 e. The number of benzene rings is 1. The highest BCUT2D eigenvalue weighted by atomic mass is 32.2. The van der Waals surface area contributed by atoms with Gasteiger partial charge in [0.15, 0.2) is 0 Å². The molecule has 1 amide bonds. The number of rotatable bonds is 5. The minimum atomic E-state index is -3.22. The standard InChI is InChI=1S/C18H24N4O3S/c1-14-6-3-4-7-15(14)10-18(23)19-12-16-11-17-13-21(26(2,24)25)8-5-9-22(17)20-16/h3-4,6-7,11H,5,8-10,12-13H2,1-2H3,(H,19,23). The number of hydrogen-bond donors (Lipinski definition) is 1. The Balaban J connectivity index is 1.62. The lowest BCUT2D eigenvalue weighted by molar-refractivity contribution is -0.120. The molecular weight excluding hydrogens is 352 g/mol. The third kappa shape index (κ3) is 4.50. The summed E-state index contributed by atoms with van der Waals surface area (Å²) in [4.78, 5) is 12.2. The van der Waals surface area contributed by atoms with Gasteiger partial charge < -0.3 is 5.32 Å². The number of fused-ring (bicyclic) bond motifs is 1. The van der Waals surface area contributed by atoms with Crippen LogP contribution in [0.25, 0.3) is 0 Å². The molecule has 1 aliphatic rings. The second kappa shape index (κ2) is 7.59. The first-order chi connectivity index (χ1) is 12.3. The van der Waals surface area contributed by atoms with Crippen LogP contribution in [0.15, 0.2) is 30.3 Å². The van der Waals surface area contributed by atoms with Crippen molar-refractivity contribution in [1.29, 1.82) is 0 Å². The van der Waals surface area contributed by atoms with Gasteiger partial charge >= 0.3 is 0 Å². The number of sulfonamides is 1. The number of amides is 1. The van der Waals surface area contributed by atoms with Gasteiger partial charge in [0.05, 0.1) is 37.2 Å². The van der Waals surface area contributed by atoms with Gasteiger partial charge in [0.1, 0.15) is 0 Å². The Kier molecular flexibility index (Phi) is 5.43. The zero-order valence-electron chi connectivity index (χ0n) is 15.1. The topological polar surface area (TPSA) is 84.3 Å². The quantitative estimate of drug-likeness (QED) is 0.850. The minimum absolute atomic E-state index is 0.0553. The van der Waals surface area contributed by atoms with Crippen LogP contribution in [0.4, 0.5) is 0 Å². The SMILES string of the molecule is Cc1ccccc1CC(=O)NCc1cc2n(n1)CCCN(S(C)(=O)=O)C2. The molecule has 1 aromatic heterocycles. The van der Waals surface area contributed by atoms with Gasteiger partial charge in [-0.15, -0.1) is 0 Å². The maximum Gasteiger partial charge on any atom is 0.224 e. The largest absolute Gasteiger partial charge is 0.350 e. The molecule has 140 valence electrons. The summed E-state index contributed by atoms with van der Waals surface area (Å²) in [6.07, 6.45) is 2.29. The maximum absolute atomic E-state index is 12.2. The zero-order valence-corrected chi connectivity index (χ0v) is 15.9. The van der Waals surface area contributed by atoms with E-state index in [0.717, 1.165) is 28.9 Å². The molecule has 0 fully saturated rings. The van der Waals surface area contributed by atoms with E-state index < -0.39 is 10.0 Å². The van der Waals surface area contributed by atoms with Crippen LogP contribution in [0.1, 0.15) is 28.9 Å². The number of nitrogens with one attached hydrogen (secondary N) is 1. The summed E-state index contributed by atoms with van der Waals surface area (Å²) in [7, 11) is -3.22. The van der Waals surface area contributed by atoms with Gasteiger partial charge in [-0.05, 0) is 30.5 Å². The smallest absolute Gasteiger partial charge is 0.224 e. The van der Waals surface area contributed by atoms with Crippen LogP contribution in [-0.4, -0.2) is 41.2 Å². The van der Waals surface area contributed by atoms with E-state index in [-0.39, 0.29) is 5.91 Å². The second-order valence-electron chi connectivity index (χ2n) is 6.68. The van der Waals surface area contributed by atoms with Crippen molar-refractivity contribution >= 4 is 15.9 Å². The first-order valence-electron chi connectivity index (χ1n) is 8.65. The Labute approximate surface area is 154 Å². The van der Waals surface area contributed by atoms with Crippen molar-refractivity contribution in [2.75, 3.05) is 12.8 Å². The highest BCUT2D eigenvalue weighted by molar-refractivity contribution is 7.88. The molecule has 3 rings (SSSR count). The highest BCUT2D eigenvalue weighted by Gasteiger charge is 2.22. The summed E-state index contributed by atoms with van der Waals surface area (Å²) in [6.45, 7) is 3.83. The lowest BCUT2D eigenvalue weighted by atomic mass is 10.1. The van der Waals surface area contributed by atoms with E-state index in [4.69, 9.17) is 0 Å². The molecule has 0 unspecified atom stereocenters. The van der Waals surface area contributed by atoms with Gasteiger partial charge in [-0.2, -0.15) is 9.40 Å². The predicted molar refractivity (Wildman–Crippen MR) is 98.8 cm³/mol. The number of aromatic nitrogens is 2. The average molecular weight is 376 g/mol. The predicted octanol–water partition coefficient (Wildman–Crippen LogP) is 1.22. The Morgan fingerprint density at radius 1 is 1.27 bits per heavy atom. The Morgan fingerprint density at radius 3 is 2.77 bits per heavy atom. The van der Waals surface area contributed by atoms with Gasteiger partial charge in [0.2, 0.25) is 15.9 Å². The van der Waals surface area contributed by atoms with E-state index in [1.165, 1.54) is 10.6 Å². The molecule has 0 bridgehead atoms. The second-order valence-corrected chi connectivity index (χ2v) is 8.66. The normalized spacial score (nSPS) is 15.3. The monoisotopic (exact) mass is 376 g/mol. The molecular formula is C18H24N4O3S. The number of hydrogen-bond acceptors (Lipinski definition) is 4. The van der Waals surface area contributed by atoms with Gasteiger partial charge in [-0.25, -0.2) is 8.42 Å². The van der Waals surface area contributed by atoms with Gasteiger partial charge in [-0.1, -0.05) is 24.3 Å². The van der Waals surface area contributed by atoms with E-state index in [1.807, 2.05) is 41.9 Å². The van der Waals surface area contributed by atoms with Crippen LogP contribution < -0.4 is 5.32 Å². The van der Waals surface area contributed by atoms with Crippen molar-refractivity contribution in [2.45, 2.75) is 39.4 Å². The highest BCUT2D eigenvalue weighted by Crippen LogP contribution is 2.16. The number of aryl methyl sites for hydroxylation is 2. The summed E-state index contributed by atoms with van der Waals surface area (Å²) in [5, 5.41) is 7.40. The fourth-order valence-electron chi connectivity index (χ4n) is 3.09. The fourth-order valence-corrected chi connectivity index (χ4v) is 3.92. The first-order valence-corrected chi connectivity index (χ1v) is 10.5. The van der Waals surface area contributed by atoms with E-state index in [0.29, 0.717) is 32.6 Å². The lowest BCUT2D eigenvalue weighted by Gasteiger charge is -2.16. The number of carbonyl (C=O) groups excluding carboxylic acids is 1. The van der Waals surface area contributed by atoms with Crippen molar-refractivity contribution in [3.63, 3.8) is 0 Å². The first kappa shape index (κ1) is 18.6. The molecule has 1 aliphatic heterocycles. The number of nitrogens with zero attached hydrogens (tertiary/aromatic N) is 3. The van der Waals surface area contributed by atoms with Crippen LogP contribution >= 0.6 is 0 Å². The Morgan fingerprint density at radius 2 is 2.04 bits per heavy atom. The molecule has 2 heterocycles. The Hall–Kier alpha value is -2.19. The molecule has 0 saturated heterocycles. The van der Waals surface area contributed by atoms with Gasteiger partial charge in [0, 0.05) is 13.1 Å². The van der Waals surface area contributed by atoms with Crippen LogP contribution in [0.5, 0.6) is 0 Å². The van der Waals surface area contributed by atoms with E-state index in [1.54, 1.807) is 0 Å². The summed E-state index contributed by atoms with van der Waals surface area (Å²) in [5.41, 5.74) is 3.70. The van der Waals surface area contributed by atoms with E-state index in [2.05, 4.69) is 10.4 Å².